The molecule has 0 aliphatic carbocycles. The van der Waals surface area contributed by atoms with Gasteiger partial charge in [0.05, 0.1) is 23.7 Å². The summed E-state index contributed by atoms with van der Waals surface area (Å²) < 4.78 is 6.21. The van der Waals surface area contributed by atoms with Gasteiger partial charge in [0.2, 0.25) is 0 Å². The summed E-state index contributed by atoms with van der Waals surface area (Å²) >= 11 is 0. The van der Waals surface area contributed by atoms with Crippen LogP contribution in [0.5, 0.6) is 11.5 Å². The fourth-order valence-electron chi connectivity index (χ4n) is 2.72. The van der Waals surface area contributed by atoms with E-state index in [-0.39, 0.29) is 5.75 Å². The van der Waals surface area contributed by atoms with E-state index < -0.39 is 11.2 Å². The number of nitrogens with zero attached hydrogens (tertiary/aromatic N) is 2. The van der Waals surface area contributed by atoms with Crippen molar-refractivity contribution in [3.8, 4) is 11.5 Å². The van der Waals surface area contributed by atoms with Gasteiger partial charge in [0.15, 0.2) is 11.5 Å². The van der Waals surface area contributed by atoms with Gasteiger partial charge in [-0.1, -0.05) is 18.2 Å². The lowest BCUT2D eigenvalue weighted by atomic mass is 10.1. The van der Waals surface area contributed by atoms with Crippen molar-refractivity contribution in [3.05, 3.63) is 81.0 Å². The summed E-state index contributed by atoms with van der Waals surface area (Å²) in [5.74, 6) is 0.340. The van der Waals surface area contributed by atoms with Gasteiger partial charge < -0.3 is 14.8 Å². The van der Waals surface area contributed by atoms with Crippen molar-refractivity contribution in [1.82, 2.24) is 9.66 Å². The molecular formula is C20H19N3O4. The van der Waals surface area contributed by atoms with Crippen LogP contribution in [0.2, 0.25) is 0 Å². The average Bonchev–Trinajstić information content (AvgIpc) is 2.65. The summed E-state index contributed by atoms with van der Waals surface area (Å²) in [6, 6.07) is 10.0. The molecule has 7 nitrogen and oxygen atoms in total. The zero-order valence-electron chi connectivity index (χ0n) is 14.8. The molecule has 3 aromatic rings. The first kappa shape index (κ1) is 18.2. The minimum absolute atomic E-state index is 0.0367. The molecule has 3 rings (SSSR count). The van der Waals surface area contributed by atoms with Gasteiger partial charge >= 0.3 is 5.69 Å². The minimum atomic E-state index is -0.634. The molecule has 0 saturated heterocycles. The van der Waals surface area contributed by atoms with Crippen molar-refractivity contribution < 1.29 is 9.84 Å². The molecule has 0 unspecified atom stereocenters. The first-order valence-corrected chi connectivity index (χ1v) is 8.43. The zero-order chi connectivity index (χ0) is 19.4. The highest BCUT2D eigenvalue weighted by molar-refractivity contribution is 5.82. The number of hydrogen-bond acceptors (Lipinski definition) is 5. The summed E-state index contributed by atoms with van der Waals surface area (Å²) in [7, 11) is 0. The molecule has 0 bridgehead atoms. The third kappa shape index (κ3) is 3.67. The van der Waals surface area contributed by atoms with E-state index >= 15 is 0 Å². The van der Waals surface area contributed by atoms with E-state index in [1.165, 1.54) is 6.21 Å². The molecule has 0 aliphatic rings. The second-order valence-corrected chi connectivity index (χ2v) is 5.79. The van der Waals surface area contributed by atoms with Crippen LogP contribution >= 0.6 is 0 Å². The fourth-order valence-corrected chi connectivity index (χ4v) is 2.72. The number of aromatic amines is 1. The largest absolute Gasteiger partial charge is 0.504 e. The molecule has 0 spiro atoms. The third-order valence-electron chi connectivity index (χ3n) is 3.95. The van der Waals surface area contributed by atoms with Gasteiger partial charge in [0.25, 0.3) is 5.56 Å². The molecule has 1 aromatic heterocycles. The summed E-state index contributed by atoms with van der Waals surface area (Å²) in [6.45, 7) is 5.86. The van der Waals surface area contributed by atoms with Crippen LogP contribution in [0.25, 0.3) is 10.9 Å². The maximum atomic E-state index is 12.5. The highest BCUT2D eigenvalue weighted by Gasteiger charge is 2.10. The first-order chi connectivity index (χ1) is 13.0. The molecule has 0 aliphatic heterocycles. The summed E-state index contributed by atoms with van der Waals surface area (Å²) in [5.41, 5.74) is 0.492. The normalized spacial score (nSPS) is 11.1. The standard InChI is InChI=1S/C20H19N3O4/c1-3-7-14-10-13(11-17(18(14)24)27-4-2)12-21-23-19(25)15-8-5-6-9-16(15)22-20(23)26/h3,5-6,8-12,24H,1,4,7H2,2H3,(H,22,26)/b21-12+. The van der Waals surface area contributed by atoms with Crippen molar-refractivity contribution in [3.63, 3.8) is 0 Å². The summed E-state index contributed by atoms with van der Waals surface area (Å²) in [5, 5.41) is 14.6. The summed E-state index contributed by atoms with van der Waals surface area (Å²) in [4.78, 5) is 27.3. The van der Waals surface area contributed by atoms with Crippen LogP contribution in [0.3, 0.4) is 0 Å². The van der Waals surface area contributed by atoms with Crippen molar-refractivity contribution in [1.29, 1.82) is 0 Å². The molecule has 1 heterocycles. The number of allylic oxidation sites excluding steroid dienone is 1. The molecule has 0 amide bonds. The van der Waals surface area contributed by atoms with Crippen LogP contribution in [0, 0.1) is 0 Å². The van der Waals surface area contributed by atoms with E-state index in [4.69, 9.17) is 4.74 Å². The Bertz CT molecular complexity index is 1140. The number of fused-ring (bicyclic) bond motifs is 1. The smallest absolute Gasteiger partial charge is 0.349 e. The number of rotatable bonds is 6. The van der Waals surface area contributed by atoms with Crippen LogP contribution in [0.1, 0.15) is 18.1 Å². The Morgan fingerprint density at radius 2 is 2.07 bits per heavy atom. The van der Waals surface area contributed by atoms with Gasteiger partial charge in [-0.25, -0.2) is 4.79 Å². The van der Waals surface area contributed by atoms with Gasteiger partial charge in [0, 0.05) is 5.56 Å². The van der Waals surface area contributed by atoms with Crippen molar-refractivity contribution in [2.24, 2.45) is 5.10 Å². The van der Waals surface area contributed by atoms with Crippen molar-refractivity contribution in [2.75, 3.05) is 6.61 Å². The second-order valence-electron chi connectivity index (χ2n) is 5.79. The van der Waals surface area contributed by atoms with E-state index in [1.807, 2.05) is 6.92 Å². The first-order valence-electron chi connectivity index (χ1n) is 8.43. The molecule has 7 heteroatoms. The lowest BCUT2D eigenvalue weighted by Gasteiger charge is -2.10. The fraction of sp³-hybridized carbons (Fsp3) is 0.150. The highest BCUT2D eigenvalue weighted by atomic mass is 16.5. The third-order valence-corrected chi connectivity index (χ3v) is 3.95. The Labute approximate surface area is 154 Å². The van der Waals surface area contributed by atoms with Crippen LogP contribution < -0.4 is 16.0 Å². The number of para-hydroxylation sites is 1. The van der Waals surface area contributed by atoms with Crippen molar-refractivity contribution in [2.45, 2.75) is 13.3 Å². The molecule has 0 radical (unpaired) electrons. The average molecular weight is 365 g/mol. The molecule has 2 aromatic carbocycles. The predicted molar refractivity (Wildman–Crippen MR) is 105 cm³/mol. The number of aromatic nitrogens is 2. The number of ether oxygens (including phenoxy) is 1. The van der Waals surface area contributed by atoms with Gasteiger partial charge in [-0.3, -0.25) is 4.79 Å². The van der Waals surface area contributed by atoms with Crippen LogP contribution in [0.15, 0.2) is 63.7 Å². The number of phenolic OH excluding ortho intramolecular Hbond substituents is 1. The molecule has 27 heavy (non-hydrogen) atoms. The van der Waals surface area contributed by atoms with E-state index in [2.05, 4.69) is 16.7 Å². The number of phenols is 1. The summed E-state index contributed by atoms with van der Waals surface area (Å²) in [6.07, 6.45) is 3.47. The Morgan fingerprint density at radius 1 is 1.30 bits per heavy atom. The molecular weight excluding hydrogens is 346 g/mol. The van der Waals surface area contributed by atoms with E-state index in [0.29, 0.717) is 40.8 Å². The number of H-pyrrole nitrogens is 1. The van der Waals surface area contributed by atoms with E-state index in [9.17, 15) is 14.7 Å². The maximum absolute atomic E-state index is 12.5. The highest BCUT2D eigenvalue weighted by Crippen LogP contribution is 2.31. The van der Waals surface area contributed by atoms with E-state index in [0.717, 1.165) is 4.68 Å². The maximum Gasteiger partial charge on any atom is 0.349 e. The lowest BCUT2D eigenvalue weighted by Crippen LogP contribution is -2.32. The molecule has 138 valence electrons. The van der Waals surface area contributed by atoms with Gasteiger partial charge in [-0.15, -0.1) is 11.3 Å². The lowest BCUT2D eigenvalue weighted by molar-refractivity contribution is 0.317. The second kappa shape index (κ2) is 7.74. The van der Waals surface area contributed by atoms with Crippen LogP contribution in [-0.4, -0.2) is 27.6 Å². The number of benzene rings is 2. The van der Waals surface area contributed by atoms with Crippen molar-refractivity contribution >= 4 is 17.1 Å². The van der Waals surface area contributed by atoms with Gasteiger partial charge in [-0.05, 0) is 43.2 Å². The quantitative estimate of drug-likeness (QED) is 0.518. The van der Waals surface area contributed by atoms with Crippen LogP contribution in [0.4, 0.5) is 0 Å². The molecule has 0 fully saturated rings. The van der Waals surface area contributed by atoms with Gasteiger partial charge in [-0.2, -0.15) is 5.10 Å². The monoisotopic (exact) mass is 365 g/mol. The topological polar surface area (TPSA) is 96.7 Å². The SMILES string of the molecule is C=CCc1cc(/C=N/n2c(=O)[nH]c3ccccc3c2=O)cc(OCC)c1O. The molecule has 0 saturated carbocycles. The van der Waals surface area contributed by atoms with Crippen LogP contribution in [-0.2, 0) is 6.42 Å². The zero-order valence-corrected chi connectivity index (χ0v) is 14.8. The Hall–Kier alpha value is -3.61. The number of aromatic hydroxyl groups is 1. The molecule has 2 N–H and O–H groups in total. The number of hydrogen-bond donors (Lipinski definition) is 2. The Morgan fingerprint density at radius 3 is 2.81 bits per heavy atom. The number of nitrogens with one attached hydrogen (secondary N) is 1. The Balaban J connectivity index is 2.08. The van der Waals surface area contributed by atoms with Gasteiger partial charge in [0.1, 0.15) is 0 Å². The predicted octanol–water partition coefficient (Wildman–Crippen LogP) is 2.40. The Kier molecular flexibility index (Phi) is 5.21. The van der Waals surface area contributed by atoms with E-state index in [1.54, 1.807) is 42.5 Å². The minimum Gasteiger partial charge on any atom is -0.504 e. The molecule has 0 atom stereocenters.